The summed E-state index contributed by atoms with van der Waals surface area (Å²) in [5.41, 5.74) is 2.96. The Morgan fingerprint density at radius 1 is 0.943 bits per heavy atom. The van der Waals surface area contributed by atoms with Crippen molar-refractivity contribution in [1.29, 1.82) is 0 Å². The average molecular weight is 977 g/mol. The first-order valence-electron chi connectivity index (χ1n) is 26.6. The molecule has 10 rings (SSSR count). The number of rotatable bonds is 11. The van der Waals surface area contributed by atoms with Gasteiger partial charge >= 0.3 is 5.97 Å². The van der Waals surface area contributed by atoms with E-state index in [0.717, 1.165) is 25.0 Å². The topological polar surface area (TPSA) is 281 Å². The number of aliphatic carboxylic acids is 1. The Kier molecular flexibility index (Phi) is 12.9. The van der Waals surface area contributed by atoms with Gasteiger partial charge in [-0.3, -0.25) is 9.59 Å². The number of nitrogens with zero attached hydrogens (tertiary/aromatic N) is 1. The van der Waals surface area contributed by atoms with Gasteiger partial charge in [-0.25, -0.2) is 4.98 Å². The summed E-state index contributed by atoms with van der Waals surface area (Å²) in [5, 5.41) is 94.6. The summed E-state index contributed by atoms with van der Waals surface area (Å²) in [6, 6.07) is -0.513. The van der Waals surface area contributed by atoms with E-state index in [2.05, 4.69) is 54.0 Å². The van der Waals surface area contributed by atoms with Crippen LogP contribution in [-0.4, -0.2) is 132 Å². The van der Waals surface area contributed by atoms with E-state index in [1.807, 2.05) is 6.92 Å². The van der Waals surface area contributed by atoms with Gasteiger partial charge in [0.2, 0.25) is 5.91 Å². The van der Waals surface area contributed by atoms with Gasteiger partial charge in [0.15, 0.2) is 6.29 Å². The fraction of sp³-hybridized carbons (Fsp3) is 0.833. The third-order valence-electron chi connectivity index (χ3n) is 22.2. The molecular formula is C54H80N4O12. The van der Waals surface area contributed by atoms with Crippen LogP contribution in [0.4, 0.5) is 0 Å². The summed E-state index contributed by atoms with van der Waals surface area (Å²) in [7, 11) is 0. The molecule has 1 aromatic rings. The first-order valence-corrected chi connectivity index (χ1v) is 26.6. The lowest BCUT2D eigenvalue weighted by Gasteiger charge is -2.74. The van der Waals surface area contributed by atoms with Gasteiger partial charge in [0.05, 0.1) is 42.6 Å². The van der Waals surface area contributed by atoms with Crippen molar-refractivity contribution in [2.45, 2.75) is 185 Å². The van der Waals surface area contributed by atoms with Crippen LogP contribution in [0, 0.1) is 85.3 Å². The number of carbonyl (C=O) groups is 2. The van der Waals surface area contributed by atoms with E-state index < -0.39 is 111 Å². The van der Waals surface area contributed by atoms with E-state index in [-0.39, 0.29) is 55.8 Å². The number of hydrogen-bond donors (Lipinski definition) is 11. The van der Waals surface area contributed by atoms with Gasteiger partial charge in [-0.2, -0.15) is 0 Å². The number of hydrogen-bond acceptors (Lipinski definition) is 13. The maximum absolute atomic E-state index is 15.1. The largest absolute Gasteiger partial charge is 0.481 e. The molecule has 4 bridgehead atoms. The Labute approximate surface area is 412 Å². The molecular weight excluding hydrogens is 897 g/mol. The van der Waals surface area contributed by atoms with Crippen molar-refractivity contribution in [3.05, 3.63) is 29.9 Å². The molecule has 16 heteroatoms. The van der Waals surface area contributed by atoms with Crippen molar-refractivity contribution in [1.82, 2.24) is 15.3 Å². The Morgan fingerprint density at radius 3 is 2.36 bits per heavy atom. The van der Waals surface area contributed by atoms with Crippen LogP contribution in [0.5, 0.6) is 0 Å². The smallest absolute Gasteiger partial charge is 0.310 e. The van der Waals surface area contributed by atoms with Gasteiger partial charge in [-0.15, -0.1) is 5.92 Å². The fourth-order valence-corrected chi connectivity index (χ4v) is 18.6. The second-order valence-corrected chi connectivity index (χ2v) is 25.1. The summed E-state index contributed by atoms with van der Waals surface area (Å²) >= 11 is 0. The third-order valence-corrected chi connectivity index (χ3v) is 22.2. The van der Waals surface area contributed by atoms with Crippen LogP contribution in [-0.2, 0) is 19.1 Å². The molecule has 7 aliphatic carbocycles. The number of aliphatic hydroxyl groups excluding tert-OH is 7. The number of aromatic amines is 1. The summed E-state index contributed by atoms with van der Waals surface area (Å²) in [4.78, 5) is 36.5. The number of nitrogens with two attached hydrogens (primary N) is 1. The van der Waals surface area contributed by atoms with E-state index in [1.165, 1.54) is 5.57 Å². The SMILES string of the molecule is CC1(CO)CCC2(C(=O)O)CCC34CCC#CC(C5C(C(CCC(N)O)c6cnc[nH]6)NC(=O)C56CCCC6)C5C(O)C(OC6OCC(O)C(O)C6O)C(C)(CO)C6CCC3(C)C(CC=C4C2C1)C56C. The maximum atomic E-state index is 15.1. The van der Waals surface area contributed by atoms with Gasteiger partial charge in [0, 0.05) is 60.0 Å². The third kappa shape index (κ3) is 7.09. The molecule has 21 unspecified atom stereocenters. The summed E-state index contributed by atoms with van der Waals surface area (Å²) in [6.07, 6.45) is 5.76. The highest BCUT2D eigenvalue weighted by Gasteiger charge is 2.76. The van der Waals surface area contributed by atoms with Gasteiger partial charge in [-0.05, 0) is 123 Å². The number of allylic oxidation sites excluding steroid dienone is 2. The Hall–Kier alpha value is -2.95. The zero-order valence-electron chi connectivity index (χ0n) is 41.6. The van der Waals surface area contributed by atoms with Crippen LogP contribution < -0.4 is 11.1 Å². The van der Waals surface area contributed by atoms with Crippen molar-refractivity contribution in [3.8, 4) is 11.8 Å². The number of aromatic nitrogens is 2. The second kappa shape index (κ2) is 17.9. The minimum Gasteiger partial charge on any atom is -0.481 e. The number of ether oxygens (including phenoxy) is 2. The highest BCUT2D eigenvalue weighted by molar-refractivity contribution is 5.86. The molecule has 0 aromatic carbocycles. The Balaban J connectivity index is 1.19. The van der Waals surface area contributed by atoms with Crippen LogP contribution in [0.25, 0.3) is 0 Å². The zero-order chi connectivity index (χ0) is 50.0. The molecule has 0 radical (unpaired) electrons. The van der Waals surface area contributed by atoms with Gasteiger partial charge in [0.1, 0.15) is 24.5 Å². The summed E-state index contributed by atoms with van der Waals surface area (Å²) in [5.74, 6) is 3.94. The number of carboxylic acids is 1. The quantitative estimate of drug-likeness (QED) is 0.0656. The Bertz CT molecular complexity index is 2240. The molecule has 3 heterocycles. The predicted octanol–water partition coefficient (Wildman–Crippen LogP) is 3.47. The Morgan fingerprint density at radius 2 is 1.69 bits per heavy atom. The molecule has 7 fully saturated rings. The van der Waals surface area contributed by atoms with Gasteiger partial charge < -0.3 is 66.4 Å². The van der Waals surface area contributed by atoms with Crippen LogP contribution >= 0.6 is 0 Å². The molecule has 388 valence electrons. The molecule has 2 saturated heterocycles. The van der Waals surface area contributed by atoms with E-state index in [9.17, 15) is 45.6 Å². The molecule has 70 heavy (non-hydrogen) atoms. The van der Waals surface area contributed by atoms with E-state index in [1.54, 1.807) is 12.5 Å². The van der Waals surface area contributed by atoms with E-state index in [0.29, 0.717) is 77.0 Å². The second-order valence-electron chi connectivity index (χ2n) is 25.1. The summed E-state index contributed by atoms with van der Waals surface area (Å²) in [6.45, 7) is 8.01. The molecule has 5 saturated carbocycles. The van der Waals surface area contributed by atoms with E-state index in [4.69, 9.17) is 15.2 Å². The lowest BCUT2D eigenvalue weighted by atomic mass is 9.30. The first-order chi connectivity index (χ1) is 33.2. The van der Waals surface area contributed by atoms with Crippen molar-refractivity contribution in [2.75, 3.05) is 19.8 Å². The van der Waals surface area contributed by atoms with Crippen molar-refractivity contribution >= 4 is 11.9 Å². The predicted molar refractivity (Wildman–Crippen MR) is 254 cm³/mol. The molecule has 1 amide bonds. The number of amides is 1. The number of carbonyl (C=O) groups excluding carboxylic acids is 1. The van der Waals surface area contributed by atoms with Crippen molar-refractivity contribution < 1.29 is 59.9 Å². The van der Waals surface area contributed by atoms with Crippen LogP contribution in [0.1, 0.15) is 142 Å². The molecule has 21 atom stereocenters. The summed E-state index contributed by atoms with van der Waals surface area (Å²) < 4.78 is 12.7. The van der Waals surface area contributed by atoms with Gasteiger partial charge in [0.25, 0.3) is 0 Å². The van der Waals surface area contributed by atoms with Crippen LogP contribution in [0.3, 0.4) is 0 Å². The number of fused-ring (bicyclic) bond motifs is 2. The van der Waals surface area contributed by atoms with E-state index >= 15 is 4.79 Å². The van der Waals surface area contributed by atoms with Gasteiger partial charge in [-0.1, -0.05) is 58.1 Å². The molecule has 1 aromatic heterocycles. The van der Waals surface area contributed by atoms with Crippen molar-refractivity contribution in [3.63, 3.8) is 0 Å². The molecule has 9 aliphatic rings. The maximum Gasteiger partial charge on any atom is 0.310 e. The minimum absolute atomic E-state index is 0.0218. The standard InChI is InChI=1S/C54H80N4O12/c1-48(26-59)19-20-52(47(67)68)21-22-54-17-6-5-9-30(38-40(58-46(66)53(38)15-7-8-16-53)29(10-13-37(55)62)33-24-56-28-57-33)39-42(64)44(70-45-43(65)41(63)34(61)25-69-45)49(2,27-60)35-14-18-50(54,3)36(51(35,39)4)12-11-31(54)32(52)23-48/h11,24,28-30,32,34-45,59-65H,6-8,10,12-23,25-27,55H2,1-4H3,(H,56,57)(H,58,66)(H,67,68). The number of nitrogens with one attached hydrogen (secondary N) is 2. The average Bonchev–Trinajstić information content (AvgIpc) is 4.10. The van der Waals surface area contributed by atoms with Crippen LogP contribution in [0.2, 0.25) is 0 Å². The minimum atomic E-state index is -1.66. The molecule has 16 nitrogen and oxygen atoms in total. The van der Waals surface area contributed by atoms with Crippen molar-refractivity contribution in [2.24, 2.45) is 79.1 Å². The molecule has 2 aliphatic heterocycles. The molecule has 2 spiro atoms. The number of aliphatic hydroxyl groups is 7. The highest BCUT2D eigenvalue weighted by atomic mass is 16.7. The highest BCUT2D eigenvalue weighted by Crippen LogP contribution is 2.79. The fourth-order valence-electron chi connectivity index (χ4n) is 18.6. The number of imidazole rings is 1. The number of carboxylic acid groups (broad SMARTS) is 1. The lowest BCUT2D eigenvalue weighted by molar-refractivity contribution is -0.343. The number of H-pyrrole nitrogens is 1. The monoisotopic (exact) mass is 977 g/mol. The van der Waals surface area contributed by atoms with Crippen LogP contribution in [0.15, 0.2) is 24.2 Å². The first kappa shape index (κ1) is 50.6. The lowest BCUT2D eigenvalue weighted by Crippen LogP contribution is -2.74. The molecule has 12 N–H and O–H groups in total. The normalized spacial score (nSPS) is 49.1. The zero-order valence-corrected chi connectivity index (χ0v) is 41.6.